The van der Waals surface area contributed by atoms with Gasteiger partial charge >= 0.3 is 0 Å². The third-order valence-corrected chi connectivity index (χ3v) is 4.29. The molecule has 0 aliphatic carbocycles. The molecule has 0 unspecified atom stereocenters. The number of hydrogen-bond acceptors (Lipinski definition) is 6. The van der Waals surface area contributed by atoms with E-state index < -0.39 is 16.1 Å². The maximum absolute atomic E-state index is 11.8. The van der Waals surface area contributed by atoms with Gasteiger partial charge in [-0.1, -0.05) is 13.8 Å². The first kappa shape index (κ1) is 18.0. The number of non-ortho nitro benzene ring substituents is 1. The number of carbonyl (C=O) groups excluding carboxylic acids is 2. The molecule has 128 valence electrons. The van der Waals surface area contributed by atoms with Gasteiger partial charge in [0.1, 0.15) is 0 Å². The fraction of sp³-hybridized carbons (Fsp3) is 0.375. The second kappa shape index (κ2) is 7.96. The van der Waals surface area contributed by atoms with Crippen molar-refractivity contribution >= 4 is 40.4 Å². The first-order chi connectivity index (χ1) is 11.5. The van der Waals surface area contributed by atoms with E-state index in [0.717, 1.165) is 43.4 Å². The lowest BCUT2D eigenvalue weighted by atomic mass is 10.1. The summed E-state index contributed by atoms with van der Waals surface area (Å²) in [6.07, 6.45) is 3.41. The van der Waals surface area contributed by atoms with E-state index in [4.69, 9.17) is 0 Å². The summed E-state index contributed by atoms with van der Waals surface area (Å²) in [5.41, 5.74) is 1.34. The van der Waals surface area contributed by atoms with Gasteiger partial charge in [0.25, 0.3) is 16.8 Å². The summed E-state index contributed by atoms with van der Waals surface area (Å²) >= 11 is 0.803. The Labute approximate surface area is 144 Å². The number of nitrogens with one attached hydrogen (secondary N) is 1. The predicted octanol–water partition coefficient (Wildman–Crippen LogP) is 3.55. The van der Waals surface area contributed by atoms with Crippen LogP contribution in [0.5, 0.6) is 0 Å². The van der Waals surface area contributed by atoms with Crippen LogP contribution in [-0.4, -0.2) is 29.2 Å². The highest BCUT2D eigenvalue weighted by molar-refractivity contribution is 8.18. The molecule has 1 aromatic carbocycles. The van der Waals surface area contributed by atoms with Crippen LogP contribution < -0.4 is 10.2 Å². The molecule has 1 N–H and O–H groups in total. The van der Waals surface area contributed by atoms with Gasteiger partial charge in [-0.2, -0.15) is 0 Å². The summed E-state index contributed by atoms with van der Waals surface area (Å²) in [5, 5.41) is 12.8. The molecule has 1 aliphatic heterocycles. The van der Waals surface area contributed by atoms with Gasteiger partial charge in [0, 0.05) is 36.5 Å². The summed E-state index contributed by atoms with van der Waals surface area (Å²) < 4.78 is 0. The summed E-state index contributed by atoms with van der Waals surface area (Å²) in [7, 11) is 0. The van der Waals surface area contributed by atoms with Crippen LogP contribution in [0.3, 0.4) is 0 Å². The molecule has 1 heterocycles. The van der Waals surface area contributed by atoms with Crippen LogP contribution in [0.1, 0.15) is 32.3 Å². The van der Waals surface area contributed by atoms with Crippen molar-refractivity contribution in [2.45, 2.75) is 26.7 Å². The van der Waals surface area contributed by atoms with E-state index in [0.29, 0.717) is 5.56 Å². The summed E-state index contributed by atoms with van der Waals surface area (Å²) in [4.78, 5) is 36.1. The van der Waals surface area contributed by atoms with Gasteiger partial charge in [-0.05, 0) is 36.7 Å². The molecule has 0 saturated carbocycles. The van der Waals surface area contributed by atoms with Crippen LogP contribution in [0.4, 0.5) is 16.2 Å². The van der Waals surface area contributed by atoms with Gasteiger partial charge in [-0.25, -0.2) is 0 Å². The van der Waals surface area contributed by atoms with E-state index in [1.807, 2.05) is 0 Å². The smallest absolute Gasteiger partial charge is 0.290 e. The molecule has 1 aliphatic rings. The number of nitrogens with zero attached hydrogens (tertiary/aromatic N) is 2. The second-order valence-electron chi connectivity index (χ2n) is 5.34. The van der Waals surface area contributed by atoms with Gasteiger partial charge in [0.05, 0.1) is 9.83 Å². The highest BCUT2D eigenvalue weighted by Gasteiger charge is 2.26. The molecule has 0 bridgehead atoms. The zero-order valence-corrected chi connectivity index (χ0v) is 14.4. The minimum Gasteiger partial charge on any atom is -0.371 e. The Hall–Kier alpha value is -2.35. The van der Waals surface area contributed by atoms with Crippen LogP contribution in [0.25, 0.3) is 6.08 Å². The van der Waals surface area contributed by atoms with E-state index >= 15 is 0 Å². The lowest BCUT2D eigenvalue weighted by Crippen LogP contribution is -2.25. The Morgan fingerprint density at radius 2 is 1.92 bits per heavy atom. The second-order valence-corrected chi connectivity index (χ2v) is 6.35. The number of anilines is 1. The number of nitro benzene ring substituents is 1. The summed E-state index contributed by atoms with van der Waals surface area (Å²) in [5.74, 6) is -0.472. The number of nitro groups is 1. The molecule has 8 heteroatoms. The first-order valence-electron chi connectivity index (χ1n) is 7.74. The van der Waals surface area contributed by atoms with E-state index in [-0.39, 0.29) is 10.6 Å². The monoisotopic (exact) mass is 349 g/mol. The Morgan fingerprint density at radius 1 is 1.25 bits per heavy atom. The molecular formula is C16H19N3O4S. The topological polar surface area (TPSA) is 92.5 Å². The molecule has 2 rings (SSSR count). The average molecular weight is 349 g/mol. The normalized spacial score (nSPS) is 15.7. The largest absolute Gasteiger partial charge is 0.371 e. The highest BCUT2D eigenvalue weighted by Crippen LogP contribution is 2.32. The maximum atomic E-state index is 11.8. The predicted molar refractivity (Wildman–Crippen MR) is 95.0 cm³/mol. The fourth-order valence-corrected chi connectivity index (χ4v) is 3.19. The van der Waals surface area contributed by atoms with Crippen LogP contribution in [0.2, 0.25) is 0 Å². The highest BCUT2D eigenvalue weighted by atomic mass is 32.2. The molecule has 1 aromatic rings. The zero-order valence-electron chi connectivity index (χ0n) is 13.6. The zero-order chi connectivity index (χ0) is 17.7. The molecule has 0 aromatic heterocycles. The molecule has 0 spiro atoms. The van der Waals surface area contributed by atoms with Crippen molar-refractivity contribution in [3.63, 3.8) is 0 Å². The van der Waals surface area contributed by atoms with Crippen molar-refractivity contribution in [2.24, 2.45) is 0 Å². The molecule has 7 nitrogen and oxygen atoms in total. The van der Waals surface area contributed by atoms with Crippen molar-refractivity contribution < 1.29 is 14.5 Å². The number of hydrogen-bond donors (Lipinski definition) is 1. The van der Waals surface area contributed by atoms with Gasteiger partial charge < -0.3 is 4.90 Å². The van der Waals surface area contributed by atoms with Gasteiger partial charge in [0.2, 0.25) is 0 Å². The van der Waals surface area contributed by atoms with Crippen LogP contribution in [0, 0.1) is 10.1 Å². The van der Waals surface area contributed by atoms with E-state index in [2.05, 4.69) is 24.1 Å². The van der Waals surface area contributed by atoms with Crippen molar-refractivity contribution in [3.8, 4) is 0 Å². The lowest BCUT2D eigenvalue weighted by Gasteiger charge is -2.25. The standard InChI is InChI=1S/C16H19N3O4S/c1-3-7-18(8-4-2)13-6-5-12(19(22)23)9-11(13)10-14-15(20)17-16(21)24-14/h5-6,9-10H,3-4,7-8H2,1-2H3,(H,17,20,21). The molecule has 0 atom stereocenters. The number of rotatable bonds is 7. The minimum absolute atomic E-state index is 0.0479. The third kappa shape index (κ3) is 4.14. The van der Waals surface area contributed by atoms with E-state index in [1.165, 1.54) is 12.1 Å². The molecule has 1 fully saturated rings. The number of benzene rings is 1. The summed E-state index contributed by atoms with van der Waals surface area (Å²) in [6.45, 7) is 5.73. The third-order valence-electron chi connectivity index (χ3n) is 3.48. The average Bonchev–Trinajstić information content (AvgIpc) is 2.84. The van der Waals surface area contributed by atoms with E-state index in [1.54, 1.807) is 12.1 Å². The first-order valence-corrected chi connectivity index (χ1v) is 8.56. The summed E-state index contributed by atoms with van der Waals surface area (Å²) in [6, 6.07) is 4.61. The molecule has 0 radical (unpaired) electrons. The lowest BCUT2D eigenvalue weighted by molar-refractivity contribution is -0.384. The van der Waals surface area contributed by atoms with Crippen molar-refractivity contribution in [3.05, 3.63) is 38.8 Å². The number of imide groups is 1. The maximum Gasteiger partial charge on any atom is 0.290 e. The Kier molecular flexibility index (Phi) is 5.97. The SMILES string of the molecule is CCCN(CCC)c1ccc([N+](=O)[O-])cc1C=C1SC(=O)NC1=O. The van der Waals surface area contributed by atoms with Gasteiger partial charge in [-0.3, -0.25) is 25.0 Å². The van der Waals surface area contributed by atoms with Crippen molar-refractivity contribution in [2.75, 3.05) is 18.0 Å². The number of amides is 2. The quantitative estimate of drug-likeness (QED) is 0.460. The van der Waals surface area contributed by atoms with Gasteiger partial charge in [-0.15, -0.1) is 0 Å². The van der Waals surface area contributed by atoms with Crippen LogP contribution >= 0.6 is 11.8 Å². The fourth-order valence-electron chi connectivity index (χ4n) is 2.51. The Bertz CT molecular complexity index is 697. The molecule has 2 amide bonds. The number of thioether (sulfide) groups is 1. The molecule has 24 heavy (non-hydrogen) atoms. The Balaban J connectivity index is 2.50. The number of carbonyl (C=O) groups is 2. The van der Waals surface area contributed by atoms with Gasteiger partial charge in [0.15, 0.2) is 0 Å². The molecule has 1 saturated heterocycles. The molecular weight excluding hydrogens is 330 g/mol. The minimum atomic E-state index is -0.472. The van der Waals surface area contributed by atoms with Crippen LogP contribution in [0.15, 0.2) is 23.1 Å². The van der Waals surface area contributed by atoms with Crippen molar-refractivity contribution in [1.82, 2.24) is 5.32 Å². The Morgan fingerprint density at radius 3 is 2.42 bits per heavy atom. The van der Waals surface area contributed by atoms with Crippen molar-refractivity contribution in [1.29, 1.82) is 0 Å². The van der Waals surface area contributed by atoms with E-state index in [9.17, 15) is 19.7 Å². The van der Waals surface area contributed by atoms with Crippen LogP contribution in [-0.2, 0) is 4.79 Å².